The second kappa shape index (κ2) is 11.3. The van der Waals surface area contributed by atoms with E-state index in [0.717, 1.165) is 12.8 Å². The molecule has 1 unspecified atom stereocenters. The fraction of sp³-hybridized carbons (Fsp3) is 0.400. The highest BCUT2D eigenvalue weighted by molar-refractivity contribution is 5.81. The van der Waals surface area contributed by atoms with Gasteiger partial charge in [0.15, 0.2) is 0 Å². The first-order chi connectivity index (χ1) is 15.5. The molecule has 0 heterocycles. The number of fused-ring (bicyclic) bond motifs is 3. The molecular formula is C25H30N2O5. The Labute approximate surface area is 188 Å². The predicted octanol–water partition coefficient (Wildman–Crippen LogP) is 3.92. The van der Waals surface area contributed by atoms with E-state index in [1.54, 1.807) is 0 Å². The number of carboxylic acid groups (broad SMARTS) is 1. The molecule has 0 radical (unpaired) electrons. The molecule has 0 aliphatic heterocycles. The minimum atomic E-state index is -1.06. The van der Waals surface area contributed by atoms with Gasteiger partial charge in [-0.2, -0.15) is 0 Å². The van der Waals surface area contributed by atoms with E-state index < -0.39 is 12.1 Å². The van der Waals surface area contributed by atoms with Crippen molar-refractivity contribution in [2.45, 2.75) is 38.5 Å². The highest BCUT2D eigenvalue weighted by atomic mass is 16.5. The van der Waals surface area contributed by atoms with Crippen molar-refractivity contribution in [3.8, 4) is 11.1 Å². The molecule has 3 rings (SSSR count). The third kappa shape index (κ3) is 6.09. The van der Waals surface area contributed by atoms with Gasteiger partial charge in [0.05, 0.1) is 0 Å². The largest absolute Gasteiger partial charge is 0.480 e. The number of amides is 2. The van der Waals surface area contributed by atoms with Crippen LogP contribution < -0.4 is 10.6 Å². The molecule has 3 N–H and O–H groups in total. The highest BCUT2D eigenvalue weighted by Gasteiger charge is 2.28. The minimum absolute atomic E-state index is 0.0286. The topological polar surface area (TPSA) is 105 Å². The molecule has 7 nitrogen and oxygen atoms in total. The second-order valence-electron chi connectivity index (χ2n) is 8.02. The smallest absolute Gasteiger partial charge is 0.407 e. The quantitative estimate of drug-likeness (QED) is 0.493. The van der Waals surface area contributed by atoms with Gasteiger partial charge in [-0.1, -0.05) is 61.9 Å². The number of carbonyl (C=O) groups excluding carboxylic acids is 2. The number of aliphatic carboxylic acids is 1. The lowest BCUT2D eigenvalue weighted by atomic mass is 9.96. The van der Waals surface area contributed by atoms with Crippen LogP contribution in [-0.2, 0) is 14.3 Å². The monoisotopic (exact) mass is 438 g/mol. The summed E-state index contributed by atoms with van der Waals surface area (Å²) in [6, 6.07) is 16.4. The number of hydrogen-bond acceptors (Lipinski definition) is 4. The van der Waals surface area contributed by atoms with E-state index in [0.29, 0.717) is 13.0 Å². The molecule has 32 heavy (non-hydrogen) atoms. The molecule has 1 atom stereocenters. The number of alkyl carbamates (subject to hydrolysis) is 1. The van der Waals surface area contributed by atoms with Crippen molar-refractivity contribution in [1.29, 1.82) is 0 Å². The first-order valence-electron chi connectivity index (χ1n) is 11.1. The van der Waals surface area contributed by atoms with Gasteiger partial charge in [0.25, 0.3) is 0 Å². The Kier molecular flexibility index (Phi) is 8.25. The van der Waals surface area contributed by atoms with Crippen LogP contribution in [0.5, 0.6) is 0 Å². The number of rotatable bonds is 11. The third-order valence-electron chi connectivity index (χ3n) is 5.96. The van der Waals surface area contributed by atoms with E-state index in [1.165, 1.54) is 22.3 Å². The molecule has 7 heteroatoms. The van der Waals surface area contributed by atoms with Crippen LogP contribution >= 0.6 is 0 Å². The van der Waals surface area contributed by atoms with Crippen molar-refractivity contribution in [3.05, 3.63) is 59.7 Å². The maximum absolute atomic E-state index is 12.3. The predicted molar refractivity (Wildman–Crippen MR) is 121 cm³/mol. The van der Waals surface area contributed by atoms with Gasteiger partial charge in [-0.15, -0.1) is 0 Å². The highest BCUT2D eigenvalue weighted by Crippen LogP contribution is 2.44. The normalized spacial score (nSPS) is 13.0. The number of hydrogen-bond donors (Lipinski definition) is 3. The van der Waals surface area contributed by atoms with Gasteiger partial charge in [0, 0.05) is 18.9 Å². The molecule has 0 saturated heterocycles. The number of nitrogens with one attached hydrogen (secondary N) is 2. The summed E-state index contributed by atoms with van der Waals surface area (Å²) >= 11 is 0. The molecule has 0 aromatic heterocycles. The summed E-state index contributed by atoms with van der Waals surface area (Å²) in [5, 5.41) is 13.8. The van der Waals surface area contributed by atoms with E-state index >= 15 is 0 Å². The van der Waals surface area contributed by atoms with Gasteiger partial charge in [0.1, 0.15) is 13.2 Å². The summed E-state index contributed by atoms with van der Waals surface area (Å²) in [7, 11) is 0. The Bertz CT molecular complexity index is 913. The maximum Gasteiger partial charge on any atom is 0.407 e. The number of carboxylic acids is 1. The fourth-order valence-electron chi connectivity index (χ4n) is 4.18. The minimum Gasteiger partial charge on any atom is -0.480 e. The summed E-state index contributed by atoms with van der Waals surface area (Å²) in [4.78, 5) is 34.4. The molecule has 0 saturated carbocycles. The van der Waals surface area contributed by atoms with Crippen LogP contribution in [0, 0.1) is 5.92 Å². The zero-order chi connectivity index (χ0) is 22.9. The van der Waals surface area contributed by atoms with Crippen molar-refractivity contribution in [2.24, 2.45) is 5.92 Å². The third-order valence-corrected chi connectivity index (χ3v) is 5.96. The van der Waals surface area contributed by atoms with Crippen LogP contribution in [-0.4, -0.2) is 42.8 Å². The zero-order valence-electron chi connectivity index (χ0n) is 18.3. The summed E-state index contributed by atoms with van der Waals surface area (Å²) in [6.07, 6.45) is 2.08. The van der Waals surface area contributed by atoms with Gasteiger partial charge in [-0.3, -0.25) is 9.59 Å². The van der Waals surface area contributed by atoms with Gasteiger partial charge in [0.2, 0.25) is 5.91 Å². The Morgan fingerprint density at radius 1 is 0.969 bits per heavy atom. The lowest BCUT2D eigenvalue weighted by molar-refractivity contribution is -0.138. The van der Waals surface area contributed by atoms with Gasteiger partial charge < -0.3 is 20.5 Å². The second-order valence-corrected chi connectivity index (χ2v) is 8.02. The summed E-state index contributed by atoms with van der Waals surface area (Å²) < 4.78 is 5.54. The molecule has 0 fully saturated rings. The van der Waals surface area contributed by atoms with Crippen LogP contribution in [0.1, 0.15) is 49.7 Å². The SMILES string of the molecule is CCC(CCNC(=O)OCC1c2ccccc2-c2ccccc21)CCC(=O)NCC(=O)O. The van der Waals surface area contributed by atoms with Crippen LogP contribution in [0.3, 0.4) is 0 Å². The molecule has 2 aromatic carbocycles. The Morgan fingerprint density at radius 2 is 1.59 bits per heavy atom. The van der Waals surface area contributed by atoms with Crippen LogP contribution in [0.2, 0.25) is 0 Å². The average molecular weight is 439 g/mol. The molecule has 1 aliphatic carbocycles. The lowest BCUT2D eigenvalue weighted by Crippen LogP contribution is -2.30. The molecular weight excluding hydrogens is 408 g/mol. The Balaban J connectivity index is 1.42. The summed E-state index contributed by atoms with van der Waals surface area (Å²) in [6.45, 7) is 2.42. The van der Waals surface area contributed by atoms with Gasteiger partial charge in [-0.05, 0) is 41.0 Å². The number of benzene rings is 2. The zero-order valence-corrected chi connectivity index (χ0v) is 18.3. The number of carbonyl (C=O) groups is 3. The van der Waals surface area contributed by atoms with Crippen LogP contribution in [0.25, 0.3) is 11.1 Å². The van der Waals surface area contributed by atoms with Gasteiger partial charge in [-0.25, -0.2) is 4.79 Å². The molecule has 170 valence electrons. The maximum atomic E-state index is 12.3. The Morgan fingerprint density at radius 3 is 2.19 bits per heavy atom. The van der Waals surface area contributed by atoms with Gasteiger partial charge >= 0.3 is 12.1 Å². The first-order valence-corrected chi connectivity index (χ1v) is 11.1. The van der Waals surface area contributed by atoms with Crippen LogP contribution in [0.15, 0.2) is 48.5 Å². The molecule has 0 spiro atoms. The van der Waals surface area contributed by atoms with Crippen molar-refractivity contribution in [1.82, 2.24) is 10.6 Å². The van der Waals surface area contributed by atoms with Crippen molar-refractivity contribution >= 4 is 18.0 Å². The summed E-state index contributed by atoms with van der Waals surface area (Å²) in [5.74, 6) is -1.03. The van der Waals surface area contributed by atoms with E-state index in [2.05, 4.69) is 34.9 Å². The number of ether oxygens (including phenoxy) is 1. The standard InChI is InChI=1S/C25H30N2O5/c1-2-17(11-12-23(28)27-15-24(29)30)13-14-26-25(31)32-16-22-20-9-5-3-7-18(20)19-8-4-6-10-21(19)22/h3-10,17,22H,2,11-16H2,1H3,(H,26,31)(H,27,28)(H,29,30). The fourth-order valence-corrected chi connectivity index (χ4v) is 4.18. The van der Waals surface area contributed by atoms with E-state index in [9.17, 15) is 14.4 Å². The molecule has 1 aliphatic rings. The van der Waals surface area contributed by atoms with E-state index in [4.69, 9.17) is 9.84 Å². The van der Waals surface area contributed by atoms with Crippen molar-refractivity contribution in [3.63, 3.8) is 0 Å². The summed E-state index contributed by atoms with van der Waals surface area (Å²) in [5.41, 5.74) is 4.73. The molecule has 2 aromatic rings. The van der Waals surface area contributed by atoms with E-state index in [1.807, 2.05) is 31.2 Å². The van der Waals surface area contributed by atoms with Crippen LogP contribution in [0.4, 0.5) is 4.79 Å². The van der Waals surface area contributed by atoms with E-state index in [-0.39, 0.29) is 37.3 Å². The molecule has 2 amide bonds. The Hall–Kier alpha value is -3.35. The van der Waals surface area contributed by atoms with Crippen molar-refractivity contribution < 1.29 is 24.2 Å². The van der Waals surface area contributed by atoms with Crippen molar-refractivity contribution in [2.75, 3.05) is 19.7 Å². The lowest BCUT2D eigenvalue weighted by Gasteiger charge is -2.16. The molecule has 0 bridgehead atoms. The first kappa shape index (κ1) is 23.3. The average Bonchev–Trinajstić information content (AvgIpc) is 3.12.